The van der Waals surface area contributed by atoms with E-state index in [4.69, 9.17) is 5.73 Å². The SMILES string of the molecule is CC(NC(=O)C1(N)CC1)c1ccc(NC(=O)C2CC2)cc1.Cl. The van der Waals surface area contributed by atoms with Gasteiger partial charge in [0.15, 0.2) is 0 Å². The number of benzene rings is 1. The Hall–Kier alpha value is -1.59. The third-order valence-corrected chi connectivity index (χ3v) is 4.21. The zero-order chi connectivity index (χ0) is 15.0. The Bertz CT molecular complexity index is 565. The molecule has 120 valence electrons. The second-order valence-electron chi connectivity index (χ2n) is 6.24. The lowest BCUT2D eigenvalue weighted by Gasteiger charge is -2.17. The van der Waals surface area contributed by atoms with Crippen LogP contribution in [0, 0.1) is 5.92 Å². The highest BCUT2D eigenvalue weighted by Gasteiger charge is 2.46. The van der Waals surface area contributed by atoms with Gasteiger partial charge < -0.3 is 16.4 Å². The van der Waals surface area contributed by atoms with Crippen LogP contribution in [0.25, 0.3) is 0 Å². The maximum atomic E-state index is 11.9. The largest absolute Gasteiger partial charge is 0.348 e. The molecule has 0 saturated heterocycles. The van der Waals surface area contributed by atoms with Gasteiger partial charge in [-0.2, -0.15) is 0 Å². The van der Waals surface area contributed by atoms with E-state index in [0.29, 0.717) is 0 Å². The molecule has 0 aliphatic heterocycles. The van der Waals surface area contributed by atoms with Gasteiger partial charge in [-0.25, -0.2) is 0 Å². The lowest BCUT2D eigenvalue weighted by molar-refractivity contribution is -0.124. The van der Waals surface area contributed by atoms with Crippen molar-refractivity contribution in [2.24, 2.45) is 11.7 Å². The van der Waals surface area contributed by atoms with Crippen molar-refractivity contribution < 1.29 is 9.59 Å². The van der Waals surface area contributed by atoms with E-state index in [-0.39, 0.29) is 36.2 Å². The van der Waals surface area contributed by atoms with Gasteiger partial charge in [-0.05, 0) is 50.3 Å². The van der Waals surface area contributed by atoms with Crippen molar-refractivity contribution in [1.29, 1.82) is 0 Å². The fourth-order valence-corrected chi connectivity index (χ4v) is 2.23. The highest BCUT2D eigenvalue weighted by atomic mass is 35.5. The highest BCUT2D eigenvalue weighted by Crippen LogP contribution is 2.33. The summed E-state index contributed by atoms with van der Waals surface area (Å²) in [5, 5.41) is 5.83. The summed E-state index contributed by atoms with van der Waals surface area (Å²) in [4.78, 5) is 23.6. The lowest BCUT2D eigenvalue weighted by Crippen LogP contribution is -2.43. The number of carbonyl (C=O) groups excluding carboxylic acids is 2. The Balaban J connectivity index is 0.00000176. The van der Waals surface area contributed by atoms with E-state index in [1.807, 2.05) is 31.2 Å². The summed E-state index contributed by atoms with van der Waals surface area (Å²) in [6.07, 6.45) is 3.51. The molecule has 2 aliphatic carbocycles. The topological polar surface area (TPSA) is 84.2 Å². The molecule has 6 heteroatoms. The molecule has 3 rings (SSSR count). The summed E-state index contributed by atoms with van der Waals surface area (Å²) in [7, 11) is 0. The highest BCUT2D eigenvalue weighted by molar-refractivity contribution is 5.94. The number of hydrogen-bond acceptors (Lipinski definition) is 3. The first-order chi connectivity index (χ1) is 9.98. The van der Waals surface area contributed by atoms with E-state index >= 15 is 0 Å². The van der Waals surface area contributed by atoms with E-state index < -0.39 is 5.54 Å². The molecule has 0 aromatic heterocycles. The van der Waals surface area contributed by atoms with Crippen molar-refractivity contribution >= 4 is 29.9 Å². The van der Waals surface area contributed by atoms with Gasteiger partial charge in [0.1, 0.15) is 0 Å². The average Bonchev–Trinajstić information content (AvgIpc) is 3.34. The van der Waals surface area contributed by atoms with Gasteiger partial charge in [-0.1, -0.05) is 12.1 Å². The van der Waals surface area contributed by atoms with Crippen LogP contribution in [-0.4, -0.2) is 17.4 Å². The number of nitrogens with two attached hydrogens (primary N) is 1. The lowest BCUT2D eigenvalue weighted by atomic mass is 10.1. The zero-order valence-electron chi connectivity index (χ0n) is 12.6. The van der Waals surface area contributed by atoms with Crippen LogP contribution < -0.4 is 16.4 Å². The summed E-state index contributed by atoms with van der Waals surface area (Å²) in [6, 6.07) is 7.49. The number of nitrogens with one attached hydrogen (secondary N) is 2. The molecule has 22 heavy (non-hydrogen) atoms. The van der Waals surface area contributed by atoms with Crippen molar-refractivity contribution in [3.05, 3.63) is 29.8 Å². The van der Waals surface area contributed by atoms with Crippen LogP contribution >= 0.6 is 12.4 Å². The summed E-state index contributed by atoms with van der Waals surface area (Å²) >= 11 is 0. The maximum absolute atomic E-state index is 11.9. The van der Waals surface area contributed by atoms with Crippen LogP contribution in [0.2, 0.25) is 0 Å². The standard InChI is InChI=1S/C16H21N3O2.ClH/c1-10(18-15(21)16(17)8-9-16)11-4-6-13(7-5-11)19-14(20)12-2-3-12;/h4-7,10,12H,2-3,8-9,17H2,1H3,(H,18,21)(H,19,20);1H. The Morgan fingerprint density at radius 3 is 2.32 bits per heavy atom. The molecule has 1 unspecified atom stereocenters. The molecule has 1 atom stereocenters. The Morgan fingerprint density at radius 2 is 1.82 bits per heavy atom. The molecule has 2 fully saturated rings. The third kappa shape index (κ3) is 3.78. The molecule has 1 aromatic carbocycles. The zero-order valence-corrected chi connectivity index (χ0v) is 13.4. The molecule has 0 spiro atoms. The minimum Gasteiger partial charge on any atom is -0.348 e. The van der Waals surface area contributed by atoms with Gasteiger partial charge in [0.25, 0.3) is 0 Å². The first-order valence-corrected chi connectivity index (χ1v) is 7.49. The minimum absolute atomic E-state index is 0. The normalized spacial score (nSPS) is 19.5. The molecule has 4 N–H and O–H groups in total. The minimum atomic E-state index is -0.646. The van der Waals surface area contributed by atoms with Crippen LogP contribution in [0.1, 0.15) is 44.2 Å². The second-order valence-corrected chi connectivity index (χ2v) is 6.24. The fourth-order valence-electron chi connectivity index (χ4n) is 2.23. The predicted octanol–water partition coefficient (Wildman–Crippen LogP) is 2.13. The summed E-state index contributed by atoms with van der Waals surface area (Å²) in [5.74, 6) is 0.214. The molecule has 1 aromatic rings. The summed E-state index contributed by atoms with van der Waals surface area (Å²) < 4.78 is 0. The number of rotatable bonds is 5. The summed E-state index contributed by atoms with van der Waals surface area (Å²) in [5.41, 5.74) is 7.02. The fraction of sp³-hybridized carbons (Fsp3) is 0.500. The van der Waals surface area contributed by atoms with E-state index in [9.17, 15) is 9.59 Å². The number of hydrogen-bond donors (Lipinski definition) is 3. The average molecular weight is 324 g/mol. The molecular formula is C16H22ClN3O2. The van der Waals surface area contributed by atoms with Gasteiger partial charge in [0, 0.05) is 11.6 Å². The number of halogens is 1. The van der Waals surface area contributed by atoms with Crippen LogP contribution in [0.5, 0.6) is 0 Å². The van der Waals surface area contributed by atoms with Gasteiger partial charge >= 0.3 is 0 Å². The quantitative estimate of drug-likeness (QED) is 0.776. The van der Waals surface area contributed by atoms with Crippen molar-refractivity contribution in [1.82, 2.24) is 5.32 Å². The van der Waals surface area contributed by atoms with Crippen LogP contribution in [0.4, 0.5) is 5.69 Å². The first-order valence-electron chi connectivity index (χ1n) is 7.49. The number of carbonyl (C=O) groups is 2. The van der Waals surface area contributed by atoms with Gasteiger partial charge in [0.05, 0.1) is 11.6 Å². The molecule has 2 saturated carbocycles. The Labute approximate surface area is 136 Å². The molecule has 5 nitrogen and oxygen atoms in total. The maximum Gasteiger partial charge on any atom is 0.240 e. The Morgan fingerprint density at radius 1 is 1.23 bits per heavy atom. The van der Waals surface area contributed by atoms with E-state index in [1.165, 1.54) is 0 Å². The molecule has 0 radical (unpaired) electrons. The second kappa shape index (κ2) is 6.26. The Kier molecular flexibility index (Phi) is 4.78. The predicted molar refractivity (Wildman–Crippen MR) is 87.8 cm³/mol. The molecule has 0 heterocycles. The summed E-state index contributed by atoms with van der Waals surface area (Å²) in [6.45, 7) is 1.93. The molecule has 2 amide bonds. The van der Waals surface area contributed by atoms with Gasteiger partial charge in [0.2, 0.25) is 11.8 Å². The van der Waals surface area contributed by atoms with E-state index in [1.54, 1.807) is 0 Å². The first kappa shape index (κ1) is 16.8. The van der Waals surface area contributed by atoms with Crippen molar-refractivity contribution in [2.45, 2.75) is 44.2 Å². The van der Waals surface area contributed by atoms with Crippen LogP contribution in [0.15, 0.2) is 24.3 Å². The number of amides is 2. The molecule has 0 bridgehead atoms. The number of anilines is 1. The molecule has 2 aliphatic rings. The third-order valence-electron chi connectivity index (χ3n) is 4.21. The van der Waals surface area contributed by atoms with Crippen molar-refractivity contribution in [3.8, 4) is 0 Å². The van der Waals surface area contributed by atoms with Crippen LogP contribution in [0.3, 0.4) is 0 Å². The monoisotopic (exact) mass is 323 g/mol. The van der Waals surface area contributed by atoms with Gasteiger partial charge in [-0.15, -0.1) is 12.4 Å². The van der Waals surface area contributed by atoms with E-state index in [0.717, 1.165) is 36.9 Å². The van der Waals surface area contributed by atoms with Gasteiger partial charge in [-0.3, -0.25) is 9.59 Å². The van der Waals surface area contributed by atoms with Crippen molar-refractivity contribution in [3.63, 3.8) is 0 Å². The molecular weight excluding hydrogens is 302 g/mol. The smallest absolute Gasteiger partial charge is 0.240 e. The van der Waals surface area contributed by atoms with Crippen LogP contribution in [-0.2, 0) is 9.59 Å². The van der Waals surface area contributed by atoms with Crippen molar-refractivity contribution in [2.75, 3.05) is 5.32 Å². The van der Waals surface area contributed by atoms with E-state index in [2.05, 4.69) is 10.6 Å².